The molecule has 1 atom stereocenters. The molecule has 2 rings (SSSR count). The molecule has 4 heteroatoms. The van der Waals surface area contributed by atoms with E-state index in [1.54, 1.807) is 6.92 Å². The standard InChI is InChI=1S/C12H15F2NO/c1-7(2-4-15)11-9(13)6-10-8(12(11)14)3-5-16-10/h6-7H,2-5,15H2,1H3. The Hall–Kier alpha value is -1.16. The second-order valence-corrected chi connectivity index (χ2v) is 4.14. The Kier molecular flexibility index (Phi) is 3.10. The molecule has 1 aromatic carbocycles. The summed E-state index contributed by atoms with van der Waals surface area (Å²) in [7, 11) is 0. The fraction of sp³-hybridized carbons (Fsp3) is 0.500. The molecule has 0 spiro atoms. The van der Waals surface area contributed by atoms with Gasteiger partial charge in [-0.3, -0.25) is 0 Å². The fourth-order valence-electron chi connectivity index (χ4n) is 2.13. The van der Waals surface area contributed by atoms with Crippen LogP contribution < -0.4 is 10.5 Å². The quantitative estimate of drug-likeness (QED) is 0.860. The van der Waals surface area contributed by atoms with Crippen molar-refractivity contribution in [2.45, 2.75) is 25.7 Å². The van der Waals surface area contributed by atoms with Gasteiger partial charge in [-0.25, -0.2) is 8.78 Å². The number of hydrogen-bond donors (Lipinski definition) is 1. The minimum atomic E-state index is -0.529. The first kappa shape index (κ1) is 11.3. The van der Waals surface area contributed by atoms with E-state index in [-0.39, 0.29) is 11.5 Å². The Morgan fingerprint density at radius 2 is 2.25 bits per heavy atom. The number of ether oxygens (including phenoxy) is 1. The maximum absolute atomic E-state index is 14.0. The SMILES string of the molecule is CC(CCN)c1c(F)cc2c(c1F)CCO2. The highest BCUT2D eigenvalue weighted by Gasteiger charge is 2.25. The van der Waals surface area contributed by atoms with Gasteiger partial charge in [0.15, 0.2) is 0 Å². The third-order valence-corrected chi connectivity index (χ3v) is 3.02. The number of halogens is 2. The summed E-state index contributed by atoms with van der Waals surface area (Å²) < 4.78 is 32.9. The first-order valence-electron chi connectivity index (χ1n) is 5.48. The molecule has 88 valence electrons. The first-order valence-corrected chi connectivity index (χ1v) is 5.48. The Morgan fingerprint density at radius 1 is 1.50 bits per heavy atom. The number of nitrogens with two attached hydrogens (primary N) is 1. The smallest absolute Gasteiger partial charge is 0.136 e. The molecule has 0 amide bonds. The van der Waals surface area contributed by atoms with Crippen LogP contribution in [-0.2, 0) is 6.42 Å². The zero-order valence-corrected chi connectivity index (χ0v) is 9.22. The molecule has 2 N–H and O–H groups in total. The molecule has 0 aliphatic carbocycles. The minimum Gasteiger partial charge on any atom is -0.493 e. The fourth-order valence-corrected chi connectivity index (χ4v) is 2.13. The van der Waals surface area contributed by atoms with E-state index in [2.05, 4.69) is 0 Å². The number of hydrogen-bond acceptors (Lipinski definition) is 2. The van der Waals surface area contributed by atoms with Crippen LogP contribution in [0, 0.1) is 11.6 Å². The van der Waals surface area contributed by atoms with Gasteiger partial charge >= 0.3 is 0 Å². The monoisotopic (exact) mass is 227 g/mol. The van der Waals surface area contributed by atoms with Crippen molar-refractivity contribution in [2.24, 2.45) is 5.73 Å². The number of benzene rings is 1. The molecule has 0 saturated carbocycles. The molecular formula is C12H15F2NO. The van der Waals surface area contributed by atoms with Gasteiger partial charge in [-0.1, -0.05) is 6.92 Å². The van der Waals surface area contributed by atoms with E-state index in [9.17, 15) is 8.78 Å². The van der Waals surface area contributed by atoms with Crippen LogP contribution in [0.5, 0.6) is 5.75 Å². The van der Waals surface area contributed by atoms with E-state index in [4.69, 9.17) is 10.5 Å². The van der Waals surface area contributed by atoms with Gasteiger partial charge in [0.2, 0.25) is 0 Å². The van der Waals surface area contributed by atoms with Gasteiger partial charge in [-0.2, -0.15) is 0 Å². The zero-order valence-electron chi connectivity index (χ0n) is 9.22. The first-order chi connectivity index (χ1) is 7.65. The molecule has 1 aliphatic rings. The van der Waals surface area contributed by atoms with Gasteiger partial charge in [0.05, 0.1) is 6.61 Å². The van der Waals surface area contributed by atoms with Crippen molar-refractivity contribution in [1.82, 2.24) is 0 Å². The molecule has 0 aromatic heterocycles. The lowest BCUT2D eigenvalue weighted by molar-refractivity contribution is 0.354. The average Bonchev–Trinajstić information content (AvgIpc) is 2.66. The summed E-state index contributed by atoms with van der Waals surface area (Å²) in [6.07, 6.45) is 1.09. The van der Waals surface area contributed by atoms with Gasteiger partial charge in [-0.15, -0.1) is 0 Å². The molecule has 1 aliphatic heterocycles. The summed E-state index contributed by atoms with van der Waals surface area (Å²) in [4.78, 5) is 0. The highest BCUT2D eigenvalue weighted by atomic mass is 19.1. The lowest BCUT2D eigenvalue weighted by Gasteiger charge is -2.14. The van der Waals surface area contributed by atoms with E-state index in [1.807, 2.05) is 0 Å². The highest BCUT2D eigenvalue weighted by molar-refractivity contribution is 5.43. The van der Waals surface area contributed by atoms with Gasteiger partial charge in [0.1, 0.15) is 17.4 Å². The van der Waals surface area contributed by atoms with Gasteiger partial charge in [-0.05, 0) is 18.9 Å². The van der Waals surface area contributed by atoms with Crippen molar-refractivity contribution in [3.63, 3.8) is 0 Å². The van der Waals surface area contributed by atoms with Crippen molar-refractivity contribution in [3.8, 4) is 5.75 Å². The van der Waals surface area contributed by atoms with Crippen molar-refractivity contribution >= 4 is 0 Å². The van der Waals surface area contributed by atoms with Crippen molar-refractivity contribution < 1.29 is 13.5 Å². The van der Waals surface area contributed by atoms with Crippen LogP contribution in [0.1, 0.15) is 30.4 Å². The maximum Gasteiger partial charge on any atom is 0.136 e. The molecule has 2 nitrogen and oxygen atoms in total. The van der Waals surface area contributed by atoms with Gasteiger partial charge < -0.3 is 10.5 Å². The Labute approximate surface area is 93.4 Å². The molecule has 16 heavy (non-hydrogen) atoms. The lowest BCUT2D eigenvalue weighted by Crippen LogP contribution is -2.09. The van der Waals surface area contributed by atoms with E-state index in [0.717, 1.165) is 0 Å². The predicted octanol–water partition coefficient (Wildman–Crippen LogP) is 2.35. The largest absolute Gasteiger partial charge is 0.493 e. The summed E-state index contributed by atoms with van der Waals surface area (Å²) in [5.41, 5.74) is 6.06. The van der Waals surface area contributed by atoms with E-state index < -0.39 is 11.6 Å². The number of rotatable bonds is 3. The zero-order chi connectivity index (χ0) is 11.7. The van der Waals surface area contributed by atoms with Crippen LogP contribution in [0.25, 0.3) is 0 Å². The van der Waals surface area contributed by atoms with Crippen LogP contribution in [0.2, 0.25) is 0 Å². The second kappa shape index (κ2) is 4.37. The van der Waals surface area contributed by atoms with Crippen LogP contribution in [-0.4, -0.2) is 13.2 Å². The molecule has 0 bridgehead atoms. The molecule has 1 heterocycles. The Balaban J connectivity index is 2.45. The molecule has 0 fully saturated rings. The Morgan fingerprint density at radius 3 is 2.94 bits per heavy atom. The molecule has 0 saturated heterocycles. The third-order valence-electron chi connectivity index (χ3n) is 3.02. The van der Waals surface area contributed by atoms with Crippen molar-refractivity contribution in [2.75, 3.05) is 13.2 Å². The molecule has 0 radical (unpaired) electrons. The molecular weight excluding hydrogens is 212 g/mol. The van der Waals surface area contributed by atoms with Crippen LogP contribution in [0.15, 0.2) is 6.07 Å². The summed E-state index contributed by atoms with van der Waals surface area (Å²) >= 11 is 0. The Bertz CT molecular complexity index is 406. The highest BCUT2D eigenvalue weighted by Crippen LogP contribution is 2.35. The van der Waals surface area contributed by atoms with Gasteiger partial charge in [0, 0.05) is 23.6 Å². The summed E-state index contributed by atoms with van der Waals surface area (Å²) in [5.74, 6) is -0.831. The van der Waals surface area contributed by atoms with E-state index >= 15 is 0 Å². The molecule has 1 aromatic rings. The van der Waals surface area contributed by atoms with Gasteiger partial charge in [0.25, 0.3) is 0 Å². The average molecular weight is 227 g/mol. The van der Waals surface area contributed by atoms with Crippen LogP contribution >= 0.6 is 0 Å². The summed E-state index contributed by atoms with van der Waals surface area (Å²) in [5, 5.41) is 0. The van der Waals surface area contributed by atoms with Crippen molar-refractivity contribution in [3.05, 3.63) is 28.8 Å². The maximum atomic E-state index is 14.0. The predicted molar refractivity (Wildman–Crippen MR) is 57.6 cm³/mol. The summed E-state index contributed by atoms with van der Waals surface area (Å²) in [6.45, 7) is 2.64. The topological polar surface area (TPSA) is 35.2 Å². The van der Waals surface area contributed by atoms with E-state index in [1.165, 1.54) is 6.07 Å². The van der Waals surface area contributed by atoms with Crippen LogP contribution in [0.3, 0.4) is 0 Å². The van der Waals surface area contributed by atoms with Crippen LogP contribution in [0.4, 0.5) is 8.78 Å². The minimum absolute atomic E-state index is 0.148. The second-order valence-electron chi connectivity index (χ2n) is 4.14. The number of fused-ring (bicyclic) bond motifs is 1. The molecule has 1 unspecified atom stereocenters. The third kappa shape index (κ3) is 1.78. The lowest BCUT2D eigenvalue weighted by atomic mass is 9.94. The van der Waals surface area contributed by atoms with E-state index in [0.29, 0.717) is 37.3 Å². The normalized spacial score (nSPS) is 15.8. The van der Waals surface area contributed by atoms with Crippen molar-refractivity contribution in [1.29, 1.82) is 0 Å². The summed E-state index contributed by atoms with van der Waals surface area (Å²) in [6, 6.07) is 1.29.